The molecule has 2 aromatic carbocycles. The van der Waals surface area contributed by atoms with Gasteiger partial charge in [0.05, 0.1) is 19.2 Å². The smallest absolute Gasteiger partial charge is 0.163 e. The van der Waals surface area contributed by atoms with Crippen LogP contribution in [0.1, 0.15) is 22.9 Å². The summed E-state index contributed by atoms with van der Waals surface area (Å²) in [4.78, 5) is 0. The molecule has 9 heteroatoms. The summed E-state index contributed by atoms with van der Waals surface area (Å²) in [5.41, 5.74) is 1.83. The predicted octanol–water partition coefficient (Wildman–Crippen LogP) is 1.80. The lowest BCUT2D eigenvalue weighted by molar-refractivity contribution is -0.250. The quantitative estimate of drug-likeness (QED) is 0.474. The maximum atomic E-state index is 14.9. The van der Waals surface area contributed by atoms with Gasteiger partial charge in [-0.1, -0.05) is 12.1 Å². The molecule has 0 saturated carbocycles. The maximum absolute atomic E-state index is 14.9. The molecule has 4 N–H and O–H groups in total. The summed E-state index contributed by atoms with van der Waals surface area (Å²) in [6.45, 7) is 1.16. The summed E-state index contributed by atoms with van der Waals surface area (Å²) in [6.07, 6.45) is -5.38. The van der Waals surface area contributed by atoms with E-state index in [9.17, 15) is 29.2 Å². The molecule has 3 aromatic rings. The van der Waals surface area contributed by atoms with E-state index in [1.165, 1.54) is 30.0 Å². The number of aryl methyl sites for hydroxylation is 1. The first kappa shape index (κ1) is 22.6. The second-order valence-corrected chi connectivity index (χ2v) is 8.00. The SMILES string of the molecule is COc1ccc(Cc2cn([C@@H]3O[C@H](CO)[C@@H](O)[C@H](O)[C@H]3O)c3c(C)ccc(F)c23)c(F)c1. The van der Waals surface area contributed by atoms with Crippen molar-refractivity contribution in [1.82, 2.24) is 4.57 Å². The minimum atomic E-state index is -1.58. The first-order chi connectivity index (χ1) is 15.3. The monoisotopic (exact) mass is 449 g/mol. The van der Waals surface area contributed by atoms with Crippen LogP contribution in [0.5, 0.6) is 5.75 Å². The Labute approximate surface area is 183 Å². The molecule has 0 radical (unpaired) electrons. The van der Waals surface area contributed by atoms with Gasteiger partial charge in [-0.15, -0.1) is 0 Å². The number of hydrogen-bond acceptors (Lipinski definition) is 6. The minimum absolute atomic E-state index is 0.0527. The van der Waals surface area contributed by atoms with E-state index in [-0.39, 0.29) is 11.8 Å². The molecular weight excluding hydrogens is 424 g/mol. The Morgan fingerprint density at radius 2 is 1.75 bits per heavy atom. The van der Waals surface area contributed by atoms with Crippen LogP contribution in [0.2, 0.25) is 0 Å². The molecular formula is C23H25F2NO6. The second kappa shape index (κ2) is 8.76. The van der Waals surface area contributed by atoms with Crippen molar-refractivity contribution in [3.63, 3.8) is 0 Å². The predicted molar refractivity (Wildman–Crippen MR) is 111 cm³/mol. The van der Waals surface area contributed by atoms with Gasteiger partial charge < -0.3 is 34.5 Å². The fourth-order valence-corrected chi connectivity index (χ4v) is 4.26. The van der Waals surface area contributed by atoms with Crippen LogP contribution in [0.4, 0.5) is 8.78 Å². The van der Waals surface area contributed by atoms with Crippen molar-refractivity contribution < 1.29 is 38.7 Å². The zero-order chi connectivity index (χ0) is 23.2. The van der Waals surface area contributed by atoms with Gasteiger partial charge in [-0.3, -0.25) is 0 Å². The number of halogens is 2. The number of aliphatic hydroxyl groups is 4. The fraction of sp³-hybridized carbons (Fsp3) is 0.391. The molecule has 0 spiro atoms. The van der Waals surface area contributed by atoms with E-state index in [4.69, 9.17) is 9.47 Å². The van der Waals surface area contributed by atoms with Crippen LogP contribution in [0.3, 0.4) is 0 Å². The molecule has 0 unspecified atom stereocenters. The van der Waals surface area contributed by atoms with Crippen LogP contribution in [0, 0.1) is 18.6 Å². The van der Waals surface area contributed by atoms with Gasteiger partial charge >= 0.3 is 0 Å². The zero-order valence-corrected chi connectivity index (χ0v) is 17.6. The Morgan fingerprint density at radius 1 is 1.00 bits per heavy atom. The van der Waals surface area contributed by atoms with Crippen LogP contribution in [0.15, 0.2) is 36.5 Å². The Kier molecular flexibility index (Phi) is 6.19. The average Bonchev–Trinajstić information content (AvgIpc) is 3.16. The molecule has 1 aliphatic rings. The van der Waals surface area contributed by atoms with Crippen molar-refractivity contribution in [3.8, 4) is 5.75 Å². The van der Waals surface area contributed by atoms with E-state index in [1.54, 1.807) is 25.1 Å². The zero-order valence-electron chi connectivity index (χ0n) is 17.6. The number of ether oxygens (including phenoxy) is 2. The van der Waals surface area contributed by atoms with Gasteiger partial charge in [-0.25, -0.2) is 8.78 Å². The lowest BCUT2D eigenvalue weighted by Gasteiger charge is -2.40. The molecule has 1 saturated heterocycles. The molecule has 7 nitrogen and oxygen atoms in total. The summed E-state index contributed by atoms with van der Waals surface area (Å²) in [5, 5.41) is 40.6. The minimum Gasteiger partial charge on any atom is -0.497 e. The lowest BCUT2D eigenvalue weighted by atomic mass is 9.98. The highest BCUT2D eigenvalue weighted by molar-refractivity contribution is 5.88. The number of aromatic nitrogens is 1. The van der Waals surface area contributed by atoms with E-state index in [0.717, 1.165) is 0 Å². The standard InChI is InChI=1S/C23H25F2NO6/c1-11-3-6-15(24)18-13(7-12-4-5-14(31-2)8-16(12)25)9-26(19(11)18)23-22(30)21(29)20(28)17(10-27)32-23/h3-6,8-9,17,20-23,27-30H,7,10H2,1-2H3/t17-,20-,21+,22-,23-/m1/s1. The summed E-state index contributed by atoms with van der Waals surface area (Å²) in [6, 6.07) is 7.28. The number of rotatable bonds is 5. The van der Waals surface area contributed by atoms with Crippen molar-refractivity contribution >= 4 is 10.9 Å². The van der Waals surface area contributed by atoms with E-state index in [0.29, 0.717) is 28.0 Å². The van der Waals surface area contributed by atoms with Crippen molar-refractivity contribution in [2.24, 2.45) is 0 Å². The third-order valence-corrected chi connectivity index (χ3v) is 5.99. The van der Waals surface area contributed by atoms with Crippen LogP contribution < -0.4 is 4.74 Å². The fourth-order valence-electron chi connectivity index (χ4n) is 4.26. The van der Waals surface area contributed by atoms with Crippen molar-refractivity contribution in [2.75, 3.05) is 13.7 Å². The van der Waals surface area contributed by atoms with Crippen LogP contribution in [-0.2, 0) is 11.2 Å². The molecule has 5 atom stereocenters. The highest BCUT2D eigenvalue weighted by Crippen LogP contribution is 2.36. The molecule has 172 valence electrons. The highest BCUT2D eigenvalue weighted by Gasteiger charge is 2.44. The Balaban J connectivity index is 1.84. The average molecular weight is 449 g/mol. The molecule has 4 rings (SSSR count). The maximum Gasteiger partial charge on any atom is 0.163 e. The van der Waals surface area contributed by atoms with Gasteiger partial charge in [-0.2, -0.15) is 0 Å². The highest BCUT2D eigenvalue weighted by atomic mass is 19.1. The molecule has 0 bridgehead atoms. The number of benzene rings is 2. The molecule has 0 aliphatic carbocycles. The van der Waals surface area contributed by atoms with E-state index < -0.39 is 48.9 Å². The van der Waals surface area contributed by atoms with Gasteiger partial charge in [0.2, 0.25) is 0 Å². The van der Waals surface area contributed by atoms with Crippen molar-refractivity contribution in [1.29, 1.82) is 0 Å². The molecule has 32 heavy (non-hydrogen) atoms. The van der Waals surface area contributed by atoms with Crippen LogP contribution in [0.25, 0.3) is 10.9 Å². The normalized spacial score (nSPS) is 25.9. The first-order valence-corrected chi connectivity index (χ1v) is 10.2. The number of nitrogens with zero attached hydrogens (tertiary/aromatic N) is 1. The van der Waals surface area contributed by atoms with Gasteiger partial charge in [0.25, 0.3) is 0 Å². The number of methoxy groups -OCH3 is 1. The first-order valence-electron chi connectivity index (χ1n) is 10.2. The molecule has 1 aromatic heterocycles. The Morgan fingerprint density at radius 3 is 2.41 bits per heavy atom. The third kappa shape index (κ3) is 3.76. The number of fused-ring (bicyclic) bond motifs is 1. The number of aliphatic hydroxyl groups excluding tert-OH is 4. The lowest BCUT2D eigenvalue weighted by Crippen LogP contribution is -2.56. The number of hydrogen-bond donors (Lipinski definition) is 4. The Bertz CT molecular complexity index is 1130. The molecule has 1 fully saturated rings. The van der Waals surface area contributed by atoms with Gasteiger partial charge in [0.1, 0.15) is 41.8 Å². The molecule has 2 heterocycles. The topological polar surface area (TPSA) is 104 Å². The summed E-state index contributed by atoms with van der Waals surface area (Å²) in [7, 11) is 1.43. The van der Waals surface area contributed by atoms with Gasteiger partial charge in [-0.05, 0) is 35.7 Å². The molecule has 0 amide bonds. The van der Waals surface area contributed by atoms with E-state index in [2.05, 4.69) is 0 Å². The molecule has 1 aliphatic heterocycles. The van der Waals surface area contributed by atoms with E-state index in [1.807, 2.05) is 0 Å². The second-order valence-electron chi connectivity index (χ2n) is 8.00. The van der Waals surface area contributed by atoms with E-state index >= 15 is 0 Å². The summed E-state index contributed by atoms with van der Waals surface area (Å²) in [5.74, 6) is -0.680. The van der Waals surface area contributed by atoms with Gasteiger partial charge in [0, 0.05) is 24.1 Å². The largest absolute Gasteiger partial charge is 0.497 e. The summed E-state index contributed by atoms with van der Waals surface area (Å²) >= 11 is 0. The van der Waals surface area contributed by atoms with Crippen molar-refractivity contribution in [2.45, 2.75) is 44.0 Å². The Hall–Kier alpha value is -2.56. The van der Waals surface area contributed by atoms with Crippen molar-refractivity contribution in [3.05, 3.63) is 64.9 Å². The third-order valence-electron chi connectivity index (χ3n) is 5.99. The summed E-state index contributed by atoms with van der Waals surface area (Å²) < 4.78 is 41.7. The van der Waals surface area contributed by atoms with Crippen LogP contribution >= 0.6 is 0 Å². The van der Waals surface area contributed by atoms with Crippen LogP contribution in [-0.4, -0.2) is 63.1 Å². The van der Waals surface area contributed by atoms with Gasteiger partial charge in [0.15, 0.2) is 6.23 Å².